The molecule has 0 spiro atoms. The lowest BCUT2D eigenvalue weighted by molar-refractivity contribution is 0.106. The SMILES string of the molecule is Cc1ccc(C=c2sc(=CC(=O)c3ccccc3C)n(C)c2=O)s1. The first kappa shape index (κ1) is 16.6. The molecule has 0 aliphatic rings. The van der Waals surface area contributed by atoms with Crippen molar-refractivity contribution in [2.24, 2.45) is 7.05 Å². The standard InChI is InChI=1S/C19H17NO2S2/c1-12-6-4-5-7-15(12)16(21)11-18-20(3)19(22)17(24-18)10-14-9-8-13(2)23-14/h4-11H,1-3H3. The Morgan fingerprint density at radius 2 is 1.83 bits per heavy atom. The molecule has 24 heavy (non-hydrogen) atoms. The average Bonchev–Trinajstić information content (AvgIpc) is 3.07. The van der Waals surface area contributed by atoms with Crippen molar-refractivity contribution in [2.75, 3.05) is 0 Å². The van der Waals surface area contributed by atoms with Gasteiger partial charge in [-0.3, -0.25) is 9.59 Å². The topological polar surface area (TPSA) is 39.1 Å². The number of ketones is 1. The van der Waals surface area contributed by atoms with Crippen molar-refractivity contribution >= 4 is 40.6 Å². The molecule has 0 fully saturated rings. The second kappa shape index (κ2) is 6.71. The van der Waals surface area contributed by atoms with Crippen molar-refractivity contribution in [3.8, 4) is 0 Å². The minimum Gasteiger partial charge on any atom is -0.302 e. The van der Waals surface area contributed by atoms with E-state index in [1.54, 1.807) is 30.5 Å². The molecule has 5 heteroatoms. The highest BCUT2D eigenvalue weighted by molar-refractivity contribution is 7.13. The number of aromatic nitrogens is 1. The van der Waals surface area contributed by atoms with E-state index in [1.807, 2.05) is 50.3 Å². The number of nitrogens with zero attached hydrogens (tertiary/aromatic N) is 1. The van der Waals surface area contributed by atoms with Gasteiger partial charge in [-0.05, 0) is 37.6 Å². The molecule has 0 atom stereocenters. The summed E-state index contributed by atoms with van der Waals surface area (Å²) in [4.78, 5) is 27.1. The number of aryl methyl sites for hydroxylation is 2. The van der Waals surface area contributed by atoms with Crippen LogP contribution in [0.25, 0.3) is 12.2 Å². The maximum atomic E-state index is 12.5. The number of carbonyl (C=O) groups excluding carboxylic acids is 1. The molecule has 0 radical (unpaired) electrons. The number of carbonyl (C=O) groups is 1. The molecule has 1 aromatic carbocycles. The van der Waals surface area contributed by atoms with Crippen molar-refractivity contribution in [2.45, 2.75) is 13.8 Å². The summed E-state index contributed by atoms with van der Waals surface area (Å²) in [5.41, 5.74) is 1.52. The van der Waals surface area contributed by atoms with Gasteiger partial charge in [0.15, 0.2) is 5.78 Å². The van der Waals surface area contributed by atoms with Gasteiger partial charge in [0.25, 0.3) is 5.56 Å². The lowest BCUT2D eigenvalue weighted by Gasteiger charge is -1.99. The molecule has 2 heterocycles. The fraction of sp³-hybridized carbons (Fsp3) is 0.158. The van der Waals surface area contributed by atoms with Crippen LogP contribution in [0.1, 0.15) is 25.7 Å². The van der Waals surface area contributed by atoms with E-state index in [1.165, 1.54) is 20.8 Å². The minimum atomic E-state index is -0.0801. The number of thiazole rings is 1. The lowest BCUT2D eigenvalue weighted by atomic mass is 10.1. The third-order valence-electron chi connectivity index (χ3n) is 3.76. The Hall–Kier alpha value is -2.24. The van der Waals surface area contributed by atoms with E-state index >= 15 is 0 Å². The van der Waals surface area contributed by atoms with Gasteiger partial charge in [-0.25, -0.2) is 0 Å². The Balaban J connectivity index is 2.09. The first-order valence-corrected chi connectivity index (χ1v) is 9.14. The van der Waals surface area contributed by atoms with Crippen molar-refractivity contribution < 1.29 is 4.79 Å². The zero-order valence-electron chi connectivity index (χ0n) is 13.7. The summed E-state index contributed by atoms with van der Waals surface area (Å²) in [6, 6.07) is 11.5. The fourth-order valence-electron chi connectivity index (χ4n) is 2.41. The molecule has 2 aromatic heterocycles. The number of hydrogen-bond donors (Lipinski definition) is 0. The van der Waals surface area contributed by atoms with E-state index in [4.69, 9.17) is 0 Å². The van der Waals surface area contributed by atoms with Gasteiger partial charge in [0.1, 0.15) is 4.66 Å². The van der Waals surface area contributed by atoms with Gasteiger partial charge in [0.05, 0.1) is 4.53 Å². The Morgan fingerprint density at radius 3 is 2.50 bits per heavy atom. The highest BCUT2D eigenvalue weighted by atomic mass is 32.1. The van der Waals surface area contributed by atoms with E-state index in [9.17, 15) is 9.59 Å². The normalized spacial score (nSPS) is 12.8. The Labute approximate surface area is 147 Å². The molecule has 0 aliphatic heterocycles. The molecule has 0 saturated carbocycles. The first-order chi connectivity index (χ1) is 11.5. The zero-order valence-corrected chi connectivity index (χ0v) is 15.3. The Morgan fingerprint density at radius 1 is 1.08 bits per heavy atom. The Kier molecular flexibility index (Phi) is 4.64. The number of hydrogen-bond acceptors (Lipinski definition) is 4. The van der Waals surface area contributed by atoms with E-state index < -0.39 is 0 Å². The number of benzene rings is 1. The summed E-state index contributed by atoms with van der Waals surface area (Å²) in [6.45, 7) is 3.95. The van der Waals surface area contributed by atoms with Crippen molar-refractivity contribution in [3.63, 3.8) is 0 Å². The molecular weight excluding hydrogens is 338 g/mol. The van der Waals surface area contributed by atoms with Crippen LogP contribution in [0.4, 0.5) is 0 Å². The smallest absolute Gasteiger partial charge is 0.268 e. The van der Waals surface area contributed by atoms with Crippen LogP contribution >= 0.6 is 22.7 Å². The number of thiophene rings is 1. The van der Waals surface area contributed by atoms with Crippen molar-refractivity contribution in [1.29, 1.82) is 0 Å². The van der Waals surface area contributed by atoms with Gasteiger partial charge >= 0.3 is 0 Å². The summed E-state index contributed by atoms with van der Waals surface area (Å²) in [5.74, 6) is -0.0801. The van der Waals surface area contributed by atoms with Gasteiger partial charge in [-0.2, -0.15) is 0 Å². The molecule has 122 valence electrons. The summed E-state index contributed by atoms with van der Waals surface area (Å²) in [5, 5.41) is 0. The largest absolute Gasteiger partial charge is 0.302 e. The molecule has 0 N–H and O–H groups in total. The third-order valence-corrected chi connectivity index (χ3v) is 5.82. The Bertz CT molecular complexity index is 1080. The second-order valence-corrected chi connectivity index (χ2v) is 7.97. The van der Waals surface area contributed by atoms with Crippen LogP contribution in [0.5, 0.6) is 0 Å². The lowest BCUT2D eigenvalue weighted by Crippen LogP contribution is -2.29. The van der Waals surface area contributed by atoms with Crippen LogP contribution in [0.15, 0.2) is 41.2 Å². The number of Topliss-reactive ketones (excluding diaryl/α,β-unsaturated/α-hetero) is 1. The molecule has 0 saturated heterocycles. The van der Waals surface area contributed by atoms with Gasteiger partial charge in [0.2, 0.25) is 0 Å². The quantitative estimate of drug-likeness (QED) is 0.678. The molecule has 0 bridgehead atoms. The van der Waals surface area contributed by atoms with Crippen LogP contribution in [0.3, 0.4) is 0 Å². The maximum absolute atomic E-state index is 12.5. The van der Waals surface area contributed by atoms with Crippen LogP contribution in [-0.4, -0.2) is 10.4 Å². The zero-order chi connectivity index (χ0) is 17.3. The molecule has 0 aliphatic carbocycles. The molecule has 3 aromatic rings. The first-order valence-electron chi connectivity index (χ1n) is 7.51. The van der Waals surface area contributed by atoms with Crippen LogP contribution in [0, 0.1) is 13.8 Å². The van der Waals surface area contributed by atoms with E-state index in [2.05, 4.69) is 0 Å². The van der Waals surface area contributed by atoms with Gasteiger partial charge in [0, 0.05) is 28.4 Å². The average molecular weight is 355 g/mol. The van der Waals surface area contributed by atoms with Gasteiger partial charge < -0.3 is 4.57 Å². The maximum Gasteiger partial charge on any atom is 0.268 e. The molecular formula is C19H17NO2S2. The number of rotatable bonds is 3. The highest BCUT2D eigenvalue weighted by Gasteiger charge is 2.07. The van der Waals surface area contributed by atoms with Gasteiger partial charge in [-0.1, -0.05) is 24.3 Å². The minimum absolute atomic E-state index is 0.0742. The monoisotopic (exact) mass is 355 g/mol. The fourth-order valence-corrected chi connectivity index (χ4v) is 4.32. The van der Waals surface area contributed by atoms with Gasteiger partial charge in [-0.15, -0.1) is 22.7 Å². The molecule has 3 rings (SSSR count). The van der Waals surface area contributed by atoms with Crippen molar-refractivity contribution in [1.82, 2.24) is 4.57 Å². The summed E-state index contributed by atoms with van der Waals surface area (Å²) >= 11 is 2.99. The summed E-state index contributed by atoms with van der Waals surface area (Å²) < 4.78 is 2.84. The van der Waals surface area contributed by atoms with Crippen LogP contribution in [0.2, 0.25) is 0 Å². The van der Waals surface area contributed by atoms with E-state index in [-0.39, 0.29) is 11.3 Å². The second-order valence-electron chi connectivity index (χ2n) is 5.58. The van der Waals surface area contributed by atoms with Crippen LogP contribution in [-0.2, 0) is 7.05 Å². The molecule has 3 nitrogen and oxygen atoms in total. The summed E-state index contributed by atoms with van der Waals surface area (Å²) in [7, 11) is 1.70. The molecule has 0 unspecified atom stereocenters. The third kappa shape index (κ3) is 3.32. The predicted octanol–water partition coefficient (Wildman–Crippen LogP) is 2.62. The molecule has 0 amide bonds. The summed E-state index contributed by atoms with van der Waals surface area (Å²) in [6.07, 6.45) is 3.44. The van der Waals surface area contributed by atoms with E-state index in [0.29, 0.717) is 14.8 Å². The van der Waals surface area contributed by atoms with Crippen molar-refractivity contribution in [3.05, 3.63) is 76.8 Å². The van der Waals surface area contributed by atoms with Crippen LogP contribution < -0.4 is 14.8 Å². The van der Waals surface area contributed by atoms with E-state index in [0.717, 1.165) is 10.4 Å². The highest BCUT2D eigenvalue weighted by Crippen LogP contribution is 2.15. The predicted molar refractivity (Wildman–Crippen MR) is 101 cm³/mol.